The maximum Gasteiger partial charge on any atom is 0.232 e. The molecule has 0 bridgehead atoms. The van der Waals surface area contributed by atoms with Crippen LogP contribution in [0, 0.1) is 11.3 Å². The van der Waals surface area contributed by atoms with Crippen molar-refractivity contribution in [1.29, 1.82) is 5.26 Å². The molecule has 0 fully saturated rings. The zero-order chi connectivity index (χ0) is 20.1. The van der Waals surface area contributed by atoms with E-state index in [1.54, 1.807) is 42.5 Å². The molecule has 0 aliphatic heterocycles. The van der Waals surface area contributed by atoms with Gasteiger partial charge in [0.2, 0.25) is 5.91 Å². The van der Waals surface area contributed by atoms with E-state index in [4.69, 9.17) is 16.9 Å². The molecular weight excluding hydrogens is 415 g/mol. The Morgan fingerprint density at radius 2 is 2.14 bits per heavy atom. The molecule has 0 saturated carbocycles. The van der Waals surface area contributed by atoms with Gasteiger partial charge in [0.15, 0.2) is 8.03 Å². The standard InChI is InChI=1S/C20H16ClN2O3PS/c21-15-5-6-19-16(9-15)18(12-28-19)17(11-27(25)26)20(24)23-8-7-13-3-1-2-4-14(13)10-22/h1-9,12,17,27H,11H2,(H,23,24)(H,25,26)/b8-7+. The molecule has 0 saturated heterocycles. The summed E-state index contributed by atoms with van der Waals surface area (Å²) in [6, 6.07) is 14.5. The Hall–Kier alpha value is -2.42. The number of carbonyl (C=O) groups is 1. The molecule has 1 aromatic heterocycles. The summed E-state index contributed by atoms with van der Waals surface area (Å²) < 4.78 is 12.5. The molecule has 0 spiro atoms. The van der Waals surface area contributed by atoms with Crippen molar-refractivity contribution in [2.75, 3.05) is 6.16 Å². The largest absolute Gasteiger partial charge is 0.346 e. The number of hydrogen-bond donors (Lipinski definition) is 2. The number of hydrogen-bond acceptors (Lipinski definition) is 4. The first-order valence-electron chi connectivity index (χ1n) is 8.34. The normalized spacial score (nSPS) is 13.3. The van der Waals surface area contributed by atoms with Gasteiger partial charge in [-0.25, -0.2) is 0 Å². The molecule has 28 heavy (non-hydrogen) atoms. The van der Waals surface area contributed by atoms with Crippen molar-refractivity contribution in [2.24, 2.45) is 0 Å². The van der Waals surface area contributed by atoms with Crippen molar-refractivity contribution in [3.63, 3.8) is 0 Å². The van der Waals surface area contributed by atoms with Crippen LogP contribution in [0.1, 0.15) is 22.6 Å². The van der Waals surface area contributed by atoms with Crippen LogP contribution in [-0.2, 0) is 9.36 Å². The van der Waals surface area contributed by atoms with Gasteiger partial charge in [0.1, 0.15) is 0 Å². The summed E-state index contributed by atoms with van der Waals surface area (Å²) in [5, 5.41) is 15.0. The summed E-state index contributed by atoms with van der Waals surface area (Å²) in [6.07, 6.45) is 2.91. The van der Waals surface area contributed by atoms with E-state index in [-0.39, 0.29) is 6.16 Å². The molecule has 3 aromatic rings. The molecule has 2 unspecified atom stereocenters. The van der Waals surface area contributed by atoms with Crippen LogP contribution >= 0.6 is 31.0 Å². The Morgan fingerprint density at radius 3 is 2.89 bits per heavy atom. The second kappa shape index (κ2) is 9.18. The van der Waals surface area contributed by atoms with Crippen LogP contribution in [-0.4, -0.2) is 17.0 Å². The van der Waals surface area contributed by atoms with Crippen LogP contribution in [0.2, 0.25) is 5.02 Å². The second-order valence-corrected chi connectivity index (χ2v) is 8.57. The average Bonchev–Trinajstić information content (AvgIpc) is 3.09. The number of carbonyl (C=O) groups excluding carboxylic acids is 1. The van der Waals surface area contributed by atoms with Gasteiger partial charge in [-0.3, -0.25) is 9.36 Å². The fourth-order valence-corrected chi connectivity index (χ4v) is 4.79. The van der Waals surface area contributed by atoms with Gasteiger partial charge in [-0.2, -0.15) is 5.26 Å². The Morgan fingerprint density at radius 1 is 1.36 bits per heavy atom. The molecule has 2 aromatic carbocycles. The maximum atomic E-state index is 12.8. The number of halogens is 1. The average molecular weight is 431 g/mol. The van der Waals surface area contributed by atoms with E-state index in [9.17, 15) is 14.3 Å². The minimum Gasteiger partial charge on any atom is -0.346 e. The number of thiophene rings is 1. The van der Waals surface area contributed by atoms with E-state index in [0.717, 1.165) is 10.1 Å². The lowest BCUT2D eigenvalue weighted by atomic mass is 9.99. The minimum absolute atomic E-state index is 0.155. The third-order valence-electron chi connectivity index (χ3n) is 4.21. The predicted octanol–water partition coefficient (Wildman–Crippen LogP) is 4.76. The molecule has 1 amide bonds. The van der Waals surface area contributed by atoms with Gasteiger partial charge >= 0.3 is 0 Å². The van der Waals surface area contributed by atoms with E-state index >= 15 is 0 Å². The molecule has 0 aliphatic carbocycles. The summed E-state index contributed by atoms with van der Waals surface area (Å²) in [5.41, 5.74) is 1.84. The van der Waals surface area contributed by atoms with Crippen molar-refractivity contribution in [3.8, 4) is 6.07 Å². The van der Waals surface area contributed by atoms with E-state index in [2.05, 4.69) is 11.4 Å². The monoisotopic (exact) mass is 430 g/mol. The van der Waals surface area contributed by atoms with Crippen LogP contribution < -0.4 is 5.32 Å². The van der Waals surface area contributed by atoms with E-state index in [0.29, 0.717) is 21.7 Å². The number of amides is 1. The quantitative estimate of drug-likeness (QED) is 0.551. The molecule has 8 heteroatoms. The zero-order valence-electron chi connectivity index (χ0n) is 14.6. The number of nitrogens with one attached hydrogen (secondary N) is 1. The summed E-state index contributed by atoms with van der Waals surface area (Å²) in [7, 11) is -2.87. The fraction of sp³-hybridized carbons (Fsp3) is 0.100. The lowest BCUT2D eigenvalue weighted by Gasteiger charge is -2.14. The van der Waals surface area contributed by atoms with Crippen LogP contribution in [0.5, 0.6) is 0 Å². The molecule has 5 nitrogen and oxygen atoms in total. The fourth-order valence-electron chi connectivity index (χ4n) is 2.87. The smallest absolute Gasteiger partial charge is 0.232 e. The van der Waals surface area contributed by atoms with Crippen molar-refractivity contribution < 1.29 is 14.3 Å². The third-order valence-corrected chi connectivity index (χ3v) is 6.18. The van der Waals surface area contributed by atoms with Gasteiger partial charge in [0.25, 0.3) is 0 Å². The van der Waals surface area contributed by atoms with Gasteiger partial charge in [-0.1, -0.05) is 29.8 Å². The number of benzene rings is 2. The first-order valence-corrected chi connectivity index (χ1v) is 11.2. The topological polar surface area (TPSA) is 90.2 Å². The van der Waals surface area contributed by atoms with Crippen molar-refractivity contribution >= 4 is 53.0 Å². The maximum absolute atomic E-state index is 12.8. The highest BCUT2D eigenvalue weighted by Crippen LogP contribution is 2.36. The van der Waals surface area contributed by atoms with Gasteiger partial charge < -0.3 is 10.2 Å². The molecule has 1 heterocycles. The first-order chi connectivity index (χ1) is 13.5. The zero-order valence-corrected chi connectivity index (χ0v) is 17.1. The van der Waals surface area contributed by atoms with E-state index < -0.39 is 19.9 Å². The van der Waals surface area contributed by atoms with Crippen LogP contribution in [0.4, 0.5) is 0 Å². The van der Waals surface area contributed by atoms with Gasteiger partial charge in [0.05, 0.1) is 17.6 Å². The molecular formula is C20H16ClN2O3PS. The Balaban J connectivity index is 1.86. The molecule has 2 atom stereocenters. The molecule has 0 radical (unpaired) electrons. The highest BCUT2D eigenvalue weighted by Gasteiger charge is 2.25. The minimum atomic E-state index is -2.87. The van der Waals surface area contributed by atoms with Gasteiger partial charge in [0, 0.05) is 22.1 Å². The van der Waals surface area contributed by atoms with Gasteiger partial charge in [-0.15, -0.1) is 11.3 Å². The Bertz CT molecular complexity index is 1120. The number of fused-ring (bicyclic) bond motifs is 1. The van der Waals surface area contributed by atoms with Crippen molar-refractivity contribution in [2.45, 2.75) is 5.92 Å². The van der Waals surface area contributed by atoms with Crippen LogP contribution in [0.15, 0.2) is 54.0 Å². The van der Waals surface area contributed by atoms with E-state index in [1.807, 2.05) is 11.4 Å². The number of rotatable bonds is 6. The van der Waals surface area contributed by atoms with Crippen LogP contribution in [0.3, 0.4) is 0 Å². The number of nitriles is 1. The lowest BCUT2D eigenvalue weighted by molar-refractivity contribution is -0.121. The highest BCUT2D eigenvalue weighted by atomic mass is 35.5. The van der Waals surface area contributed by atoms with Crippen molar-refractivity contribution in [3.05, 3.63) is 75.8 Å². The van der Waals surface area contributed by atoms with Crippen molar-refractivity contribution in [1.82, 2.24) is 5.32 Å². The summed E-state index contributed by atoms with van der Waals surface area (Å²) in [6.45, 7) is 0. The van der Waals surface area contributed by atoms with Crippen LogP contribution in [0.25, 0.3) is 16.2 Å². The van der Waals surface area contributed by atoms with E-state index in [1.165, 1.54) is 17.5 Å². The summed E-state index contributed by atoms with van der Waals surface area (Å²) >= 11 is 7.54. The Labute approximate surface area is 171 Å². The molecule has 2 N–H and O–H groups in total. The first kappa shape index (κ1) is 20.3. The third kappa shape index (κ3) is 4.70. The molecule has 142 valence electrons. The van der Waals surface area contributed by atoms with Gasteiger partial charge in [-0.05, 0) is 52.2 Å². The molecule has 0 aliphatic rings. The SMILES string of the molecule is N#Cc1ccccc1/C=C/NC(=O)C(C[PH](=O)O)c1csc2ccc(Cl)cc12. The lowest BCUT2D eigenvalue weighted by Crippen LogP contribution is -2.26. The summed E-state index contributed by atoms with van der Waals surface area (Å²) in [5.74, 6) is -1.17. The Kier molecular flexibility index (Phi) is 6.66. The predicted molar refractivity (Wildman–Crippen MR) is 114 cm³/mol. The highest BCUT2D eigenvalue weighted by molar-refractivity contribution is 7.38. The number of nitrogens with zero attached hydrogens (tertiary/aromatic N) is 1. The summed E-state index contributed by atoms with van der Waals surface area (Å²) in [4.78, 5) is 22.2. The molecule has 3 rings (SSSR count). The second-order valence-electron chi connectivity index (χ2n) is 6.02.